The molecule has 6 aliphatic carbocycles. The first-order valence-electron chi connectivity index (χ1n) is 15.4. The van der Waals surface area contributed by atoms with Gasteiger partial charge in [-0.05, 0) is 0 Å². The molecule has 2 aromatic carbocycles. The predicted molar refractivity (Wildman–Crippen MR) is 158 cm³/mol. The summed E-state index contributed by atoms with van der Waals surface area (Å²) in [6.07, 6.45) is 15.7. The Morgan fingerprint density at radius 2 is 1.32 bits per heavy atom. The van der Waals surface area contributed by atoms with Gasteiger partial charge in [-0.15, -0.1) is 0 Å². The van der Waals surface area contributed by atoms with Crippen molar-refractivity contribution in [2.45, 2.75) is 104 Å². The standard InChI is InChI=1S/C21H25.C16H21.2ClH.Zr/c1-20(2,3)16-9-7-14-11-15-8-10-17(21(4,5)6)13-19(15)18(14)12-16;1-11-2-3-15(4-11)16-8-12-5-13(9-16)7-14(6-12)10-16;;;/h7,9-10,12-13H,11H2,1-6H3;3-4,11-14H,5-10H2,1H3;2*1H;/q;;;;+2/p-2. The van der Waals surface area contributed by atoms with E-state index in [4.69, 9.17) is 0 Å². The van der Waals surface area contributed by atoms with Crippen LogP contribution in [0.1, 0.15) is 109 Å². The van der Waals surface area contributed by atoms with Gasteiger partial charge in [0, 0.05) is 0 Å². The topological polar surface area (TPSA) is 0 Å². The summed E-state index contributed by atoms with van der Waals surface area (Å²) in [5.41, 5.74) is 11.9. The third-order valence-corrected chi connectivity index (χ3v) is 14.9. The minimum absolute atomic E-state index is 0. The van der Waals surface area contributed by atoms with E-state index in [0.717, 1.165) is 24.2 Å². The summed E-state index contributed by atoms with van der Waals surface area (Å²) in [4.78, 5) is 0. The molecule has 0 aliphatic heterocycles. The fourth-order valence-electron chi connectivity index (χ4n) is 9.09. The SMILES string of the molecule is CC1C=C(C23CC4CC(CC(C4)C2)C3)C=[C]1[Zr+2][c]1cc(C(C)(C)C)cc2c1Cc1ccc(C(C)(C)C)cc1-2.[Cl-].[Cl-]. The first kappa shape index (κ1) is 30.8. The van der Waals surface area contributed by atoms with E-state index in [1.165, 1.54) is 55.2 Å². The Bertz CT molecular complexity index is 1340. The number of hydrogen-bond acceptors (Lipinski definition) is 0. The van der Waals surface area contributed by atoms with Crippen molar-refractivity contribution < 1.29 is 48.0 Å². The Balaban J connectivity index is 0.00000161. The molecule has 0 N–H and O–H groups in total. The van der Waals surface area contributed by atoms with Crippen molar-refractivity contribution in [3.63, 3.8) is 0 Å². The van der Waals surface area contributed by atoms with E-state index in [0.29, 0.717) is 11.3 Å². The molecule has 0 nitrogen and oxygen atoms in total. The van der Waals surface area contributed by atoms with Crippen LogP contribution in [0.4, 0.5) is 0 Å². The molecule has 0 aromatic heterocycles. The molecule has 6 aliphatic rings. The van der Waals surface area contributed by atoms with Crippen LogP contribution in [0.25, 0.3) is 11.1 Å². The van der Waals surface area contributed by atoms with Crippen LogP contribution in [0.5, 0.6) is 0 Å². The Morgan fingerprint density at radius 3 is 1.90 bits per heavy atom. The third-order valence-electron chi connectivity index (χ3n) is 10.9. The van der Waals surface area contributed by atoms with Gasteiger partial charge in [0.25, 0.3) is 0 Å². The molecule has 4 saturated carbocycles. The molecule has 0 saturated heterocycles. The summed E-state index contributed by atoms with van der Waals surface area (Å²) in [6, 6.07) is 12.6. The van der Waals surface area contributed by atoms with Gasteiger partial charge in [-0.3, -0.25) is 0 Å². The van der Waals surface area contributed by atoms with E-state index >= 15 is 0 Å². The molecule has 8 rings (SSSR count). The maximum Gasteiger partial charge on any atom is -1.00 e. The van der Waals surface area contributed by atoms with Crippen LogP contribution >= 0.6 is 0 Å². The van der Waals surface area contributed by atoms with Gasteiger partial charge in [0.15, 0.2) is 0 Å². The zero-order valence-corrected chi connectivity index (χ0v) is 29.5. The zero-order chi connectivity index (χ0) is 26.6. The van der Waals surface area contributed by atoms with Crippen molar-refractivity contribution in [2.24, 2.45) is 29.1 Å². The number of rotatable bonds is 3. The second-order valence-electron chi connectivity index (χ2n) is 15.9. The molecule has 0 amide bonds. The smallest absolute Gasteiger partial charge is 1.00 e. The van der Waals surface area contributed by atoms with Crippen molar-refractivity contribution in [3.05, 3.63) is 73.6 Å². The Hall–Kier alpha value is -0.617. The summed E-state index contributed by atoms with van der Waals surface area (Å²) in [5.74, 6) is 3.73. The number of halogens is 2. The van der Waals surface area contributed by atoms with Crippen LogP contribution in [0.3, 0.4) is 0 Å². The van der Waals surface area contributed by atoms with Crippen LogP contribution in [0.2, 0.25) is 0 Å². The van der Waals surface area contributed by atoms with Gasteiger partial charge in [0.2, 0.25) is 0 Å². The summed E-state index contributed by atoms with van der Waals surface area (Å²) >= 11 is -0.890. The van der Waals surface area contributed by atoms with E-state index in [9.17, 15) is 0 Å². The molecular weight excluding hydrogens is 607 g/mol. The molecule has 1 atom stereocenters. The number of fused-ring (bicyclic) bond motifs is 3. The van der Waals surface area contributed by atoms with Crippen molar-refractivity contribution >= 4 is 3.27 Å². The van der Waals surface area contributed by atoms with Crippen molar-refractivity contribution in [1.29, 1.82) is 0 Å². The molecule has 212 valence electrons. The van der Waals surface area contributed by atoms with E-state index in [1.54, 1.807) is 25.5 Å². The quantitative estimate of drug-likeness (QED) is 0.408. The van der Waals surface area contributed by atoms with Crippen molar-refractivity contribution in [2.75, 3.05) is 0 Å². The molecule has 1 unspecified atom stereocenters. The fourth-order valence-corrected chi connectivity index (χ4v) is 12.7. The van der Waals surface area contributed by atoms with E-state index in [1.807, 2.05) is 3.28 Å². The molecule has 2 aromatic rings. The summed E-state index contributed by atoms with van der Waals surface area (Å²) in [6.45, 7) is 16.7. The third kappa shape index (κ3) is 5.22. The molecule has 0 heterocycles. The number of benzene rings is 2. The van der Waals surface area contributed by atoms with E-state index in [-0.39, 0.29) is 35.6 Å². The Morgan fingerprint density at radius 1 is 0.750 bits per heavy atom. The van der Waals surface area contributed by atoms with Crippen molar-refractivity contribution in [1.82, 2.24) is 0 Å². The second-order valence-corrected chi connectivity index (χ2v) is 19.3. The first-order valence-corrected chi connectivity index (χ1v) is 17.9. The fraction of sp³-hybridized carbons (Fsp3) is 0.568. The van der Waals surface area contributed by atoms with Gasteiger partial charge in [-0.1, -0.05) is 0 Å². The van der Waals surface area contributed by atoms with Gasteiger partial charge in [0.1, 0.15) is 0 Å². The van der Waals surface area contributed by atoms with Gasteiger partial charge in [-0.25, -0.2) is 0 Å². The minimum Gasteiger partial charge on any atom is -1.00 e. The van der Waals surface area contributed by atoms with Gasteiger partial charge < -0.3 is 24.8 Å². The summed E-state index contributed by atoms with van der Waals surface area (Å²) in [7, 11) is 0. The largest absolute Gasteiger partial charge is 1.00 e. The van der Waals surface area contributed by atoms with Crippen LogP contribution < -0.4 is 28.1 Å². The summed E-state index contributed by atoms with van der Waals surface area (Å²) < 4.78 is 3.58. The molecule has 4 bridgehead atoms. The van der Waals surface area contributed by atoms with Crippen LogP contribution in [-0.2, 0) is 40.5 Å². The number of allylic oxidation sites excluding steroid dienone is 4. The molecule has 4 fully saturated rings. The molecule has 40 heavy (non-hydrogen) atoms. The average Bonchev–Trinajstić information content (AvgIpc) is 3.37. The van der Waals surface area contributed by atoms with E-state index < -0.39 is 23.2 Å². The number of hydrogen-bond donors (Lipinski definition) is 0. The van der Waals surface area contributed by atoms with E-state index in [2.05, 4.69) is 91.0 Å². The Kier molecular flexibility index (Phi) is 8.11. The monoisotopic (exact) mass is 650 g/mol. The van der Waals surface area contributed by atoms with Crippen LogP contribution in [-0.4, -0.2) is 0 Å². The van der Waals surface area contributed by atoms with Crippen LogP contribution in [0.15, 0.2) is 51.3 Å². The molecule has 3 heteroatoms. The second kappa shape index (κ2) is 10.5. The Labute approximate surface area is 267 Å². The van der Waals surface area contributed by atoms with Crippen molar-refractivity contribution in [3.8, 4) is 11.1 Å². The van der Waals surface area contributed by atoms with Gasteiger partial charge in [-0.2, -0.15) is 0 Å². The maximum absolute atomic E-state index is 2.78. The predicted octanol–water partition coefficient (Wildman–Crippen LogP) is 3.25. The van der Waals surface area contributed by atoms with Gasteiger partial charge >= 0.3 is 245 Å². The first-order chi connectivity index (χ1) is 17.9. The minimum atomic E-state index is -0.890. The molecular formula is C37H46Cl2Zr. The normalized spacial score (nSPS) is 29.6. The average molecular weight is 653 g/mol. The molecule has 0 spiro atoms. The van der Waals surface area contributed by atoms with Gasteiger partial charge in [0.05, 0.1) is 0 Å². The molecule has 0 radical (unpaired) electrons. The zero-order valence-electron chi connectivity index (χ0n) is 25.6. The maximum atomic E-state index is 2.78. The van der Waals surface area contributed by atoms with Crippen LogP contribution in [0, 0.1) is 29.1 Å². The summed E-state index contributed by atoms with van der Waals surface area (Å²) in [5, 5.41) is 0.